The molecule has 0 spiro atoms. The lowest BCUT2D eigenvalue weighted by Crippen LogP contribution is -2.42. The second-order valence-corrected chi connectivity index (χ2v) is 6.66. The Balaban J connectivity index is 2.39. The Labute approximate surface area is 122 Å². The van der Waals surface area contributed by atoms with Gasteiger partial charge in [0.25, 0.3) is 5.91 Å². The highest BCUT2D eigenvalue weighted by Crippen LogP contribution is 2.27. The summed E-state index contributed by atoms with van der Waals surface area (Å²) in [6.07, 6.45) is 0. The third-order valence-corrected chi connectivity index (χ3v) is 4.08. The Bertz CT molecular complexity index is 599. The molecule has 2 rings (SSSR count). The van der Waals surface area contributed by atoms with Crippen LogP contribution < -0.4 is 0 Å². The summed E-state index contributed by atoms with van der Waals surface area (Å²) in [7, 11) is 0. The SMILES string of the molecule is CC(C)N(C(=O)c1ccc2nc(Cl)sc2c1)C(C)C. The van der Waals surface area contributed by atoms with E-state index >= 15 is 0 Å². The quantitative estimate of drug-likeness (QED) is 0.850. The number of thiazole rings is 1. The molecule has 0 unspecified atom stereocenters. The summed E-state index contributed by atoms with van der Waals surface area (Å²) >= 11 is 7.29. The van der Waals surface area contributed by atoms with Crippen molar-refractivity contribution in [3.05, 3.63) is 28.2 Å². The summed E-state index contributed by atoms with van der Waals surface area (Å²) in [4.78, 5) is 18.6. The molecule has 1 heterocycles. The van der Waals surface area contributed by atoms with E-state index in [9.17, 15) is 4.79 Å². The topological polar surface area (TPSA) is 33.2 Å². The highest BCUT2D eigenvalue weighted by molar-refractivity contribution is 7.22. The molecule has 1 aromatic carbocycles. The molecular weight excluding hydrogens is 280 g/mol. The van der Waals surface area contributed by atoms with Crippen molar-refractivity contribution in [3.8, 4) is 0 Å². The molecule has 0 atom stereocenters. The molecule has 102 valence electrons. The predicted octanol–water partition coefficient (Wildman–Crippen LogP) is 4.21. The van der Waals surface area contributed by atoms with Crippen molar-refractivity contribution in [2.24, 2.45) is 0 Å². The van der Waals surface area contributed by atoms with Gasteiger partial charge in [-0.25, -0.2) is 4.98 Å². The zero-order valence-electron chi connectivity index (χ0n) is 11.5. The second-order valence-electron chi connectivity index (χ2n) is 5.05. The summed E-state index contributed by atoms with van der Waals surface area (Å²) in [6.45, 7) is 8.11. The molecule has 0 saturated carbocycles. The lowest BCUT2D eigenvalue weighted by Gasteiger charge is -2.30. The number of benzene rings is 1. The number of carbonyl (C=O) groups is 1. The summed E-state index contributed by atoms with van der Waals surface area (Å²) in [6, 6.07) is 5.89. The van der Waals surface area contributed by atoms with Gasteiger partial charge in [-0.05, 0) is 45.9 Å². The fourth-order valence-electron chi connectivity index (χ4n) is 2.24. The number of nitrogens with zero attached hydrogens (tertiary/aromatic N) is 2. The van der Waals surface area contributed by atoms with Crippen LogP contribution >= 0.6 is 22.9 Å². The molecule has 2 aromatic rings. The summed E-state index contributed by atoms with van der Waals surface area (Å²) < 4.78 is 1.45. The van der Waals surface area contributed by atoms with Crippen molar-refractivity contribution in [2.45, 2.75) is 39.8 Å². The molecule has 3 nitrogen and oxygen atoms in total. The van der Waals surface area contributed by atoms with E-state index in [0.29, 0.717) is 10.0 Å². The van der Waals surface area contributed by atoms with E-state index in [2.05, 4.69) is 4.98 Å². The molecular formula is C14H17ClN2OS. The van der Waals surface area contributed by atoms with Gasteiger partial charge in [0, 0.05) is 17.6 Å². The molecule has 1 amide bonds. The minimum atomic E-state index is 0.0522. The standard InChI is InChI=1S/C14H17ClN2OS/c1-8(2)17(9(3)4)13(18)10-5-6-11-12(7-10)19-14(15)16-11/h5-9H,1-4H3. The van der Waals surface area contributed by atoms with Crippen LogP contribution in [-0.4, -0.2) is 27.9 Å². The molecule has 0 saturated heterocycles. The van der Waals surface area contributed by atoms with Crippen LogP contribution in [0, 0.1) is 0 Å². The maximum atomic E-state index is 12.6. The number of hydrogen-bond acceptors (Lipinski definition) is 3. The van der Waals surface area contributed by atoms with Gasteiger partial charge in [0.1, 0.15) is 0 Å². The van der Waals surface area contributed by atoms with Crippen molar-refractivity contribution < 1.29 is 4.79 Å². The number of amides is 1. The first kappa shape index (κ1) is 14.3. The van der Waals surface area contributed by atoms with Gasteiger partial charge in [-0.1, -0.05) is 11.6 Å². The largest absolute Gasteiger partial charge is 0.334 e. The highest BCUT2D eigenvalue weighted by Gasteiger charge is 2.21. The van der Waals surface area contributed by atoms with Gasteiger partial charge in [-0.3, -0.25) is 4.79 Å². The van der Waals surface area contributed by atoms with E-state index in [1.165, 1.54) is 11.3 Å². The molecule has 0 radical (unpaired) electrons. The molecule has 5 heteroatoms. The number of halogens is 1. The van der Waals surface area contributed by atoms with Crippen molar-refractivity contribution in [1.82, 2.24) is 9.88 Å². The fraction of sp³-hybridized carbons (Fsp3) is 0.429. The van der Waals surface area contributed by atoms with Crippen molar-refractivity contribution in [3.63, 3.8) is 0 Å². The molecule has 1 aromatic heterocycles. The Morgan fingerprint density at radius 1 is 1.26 bits per heavy atom. The van der Waals surface area contributed by atoms with Crippen molar-refractivity contribution in [1.29, 1.82) is 0 Å². The van der Waals surface area contributed by atoms with E-state index in [-0.39, 0.29) is 18.0 Å². The number of rotatable bonds is 3. The minimum absolute atomic E-state index is 0.0522. The van der Waals surface area contributed by atoms with Gasteiger partial charge in [0.15, 0.2) is 4.47 Å². The Hall–Kier alpha value is -1.13. The van der Waals surface area contributed by atoms with Gasteiger partial charge in [-0.15, -0.1) is 11.3 Å². The maximum Gasteiger partial charge on any atom is 0.254 e. The van der Waals surface area contributed by atoms with Gasteiger partial charge < -0.3 is 4.90 Å². The van der Waals surface area contributed by atoms with E-state index < -0.39 is 0 Å². The van der Waals surface area contributed by atoms with Crippen LogP contribution in [0.3, 0.4) is 0 Å². The number of hydrogen-bond donors (Lipinski definition) is 0. The van der Waals surface area contributed by atoms with Gasteiger partial charge in [0.2, 0.25) is 0 Å². The molecule has 0 N–H and O–H groups in total. The first-order valence-corrected chi connectivity index (χ1v) is 7.48. The zero-order valence-corrected chi connectivity index (χ0v) is 13.0. The molecule has 0 bridgehead atoms. The Kier molecular flexibility index (Phi) is 4.11. The third kappa shape index (κ3) is 2.90. The van der Waals surface area contributed by atoms with Crippen LogP contribution in [-0.2, 0) is 0 Å². The van der Waals surface area contributed by atoms with Gasteiger partial charge in [-0.2, -0.15) is 0 Å². The number of carbonyl (C=O) groups excluding carboxylic acids is 1. The predicted molar refractivity (Wildman–Crippen MR) is 81.1 cm³/mol. The Morgan fingerprint density at radius 3 is 2.47 bits per heavy atom. The number of fused-ring (bicyclic) bond motifs is 1. The average molecular weight is 297 g/mol. The van der Waals surface area contributed by atoms with Crippen LogP contribution in [0.25, 0.3) is 10.2 Å². The van der Waals surface area contributed by atoms with E-state index in [0.717, 1.165) is 10.2 Å². The summed E-state index contributed by atoms with van der Waals surface area (Å²) in [5.41, 5.74) is 1.53. The van der Waals surface area contributed by atoms with Crippen LogP contribution in [0.2, 0.25) is 4.47 Å². The molecule has 0 aliphatic heterocycles. The summed E-state index contributed by atoms with van der Waals surface area (Å²) in [5.74, 6) is 0.0522. The van der Waals surface area contributed by atoms with E-state index in [1.807, 2.05) is 50.8 Å². The first-order chi connectivity index (χ1) is 8.90. The second kappa shape index (κ2) is 5.47. The summed E-state index contributed by atoms with van der Waals surface area (Å²) in [5, 5.41) is 0. The van der Waals surface area contributed by atoms with Crippen LogP contribution in [0.1, 0.15) is 38.1 Å². The molecule has 0 fully saturated rings. The van der Waals surface area contributed by atoms with E-state index in [4.69, 9.17) is 11.6 Å². The Morgan fingerprint density at radius 2 is 1.89 bits per heavy atom. The molecule has 0 aliphatic rings. The van der Waals surface area contributed by atoms with Crippen LogP contribution in [0.15, 0.2) is 18.2 Å². The third-order valence-electron chi connectivity index (χ3n) is 2.96. The van der Waals surface area contributed by atoms with Gasteiger partial charge >= 0.3 is 0 Å². The minimum Gasteiger partial charge on any atom is -0.334 e. The lowest BCUT2D eigenvalue weighted by molar-refractivity contribution is 0.0644. The lowest BCUT2D eigenvalue weighted by atomic mass is 10.1. The van der Waals surface area contributed by atoms with Crippen molar-refractivity contribution in [2.75, 3.05) is 0 Å². The molecule has 19 heavy (non-hydrogen) atoms. The fourth-order valence-corrected chi connectivity index (χ4v) is 3.31. The average Bonchev–Trinajstić information content (AvgIpc) is 2.66. The van der Waals surface area contributed by atoms with Crippen molar-refractivity contribution >= 4 is 39.1 Å². The van der Waals surface area contributed by atoms with Gasteiger partial charge in [0.05, 0.1) is 10.2 Å². The maximum absolute atomic E-state index is 12.6. The first-order valence-electron chi connectivity index (χ1n) is 6.29. The van der Waals surface area contributed by atoms with Crippen LogP contribution in [0.4, 0.5) is 0 Å². The number of aromatic nitrogens is 1. The monoisotopic (exact) mass is 296 g/mol. The zero-order chi connectivity index (χ0) is 14.2. The normalized spacial score (nSPS) is 11.5. The van der Waals surface area contributed by atoms with E-state index in [1.54, 1.807) is 0 Å². The van der Waals surface area contributed by atoms with Crippen LogP contribution in [0.5, 0.6) is 0 Å². The molecule has 0 aliphatic carbocycles. The highest BCUT2D eigenvalue weighted by atomic mass is 35.5. The smallest absolute Gasteiger partial charge is 0.254 e.